The van der Waals surface area contributed by atoms with E-state index in [2.05, 4.69) is 10.5 Å². The number of nitrogens with one attached hydrogen (secondary N) is 1. The van der Waals surface area contributed by atoms with Gasteiger partial charge >= 0.3 is 6.18 Å². The predicted octanol–water partition coefficient (Wildman–Crippen LogP) is 3.32. The number of alkyl halides is 3. The molecule has 0 atom stereocenters. The molecule has 0 bridgehead atoms. The van der Waals surface area contributed by atoms with E-state index in [4.69, 9.17) is 11.5 Å². The maximum Gasteiger partial charge on any atom is 0.416 e. The number of nitrogen functional groups attached to an aromatic ring is 2. The minimum absolute atomic E-state index is 0.226. The molecule has 110 valence electrons. The second-order valence-electron chi connectivity index (χ2n) is 4.34. The van der Waals surface area contributed by atoms with Crippen molar-refractivity contribution >= 4 is 23.3 Å². The minimum atomic E-state index is -4.39. The third kappa shape index (κ3) is 3.88. The van der Waals surface area contributed by atoms with Crippen LogP contribution in [0.15, 0.2) is 47.6 Å². The highest BCUT2D eigenvalue weighted by Crippen LogP contribution is 2.30. The fourth-order valence-electron chi connectivity index (χ4n) is 1.65. The molecular weight excluding hydrogens is 281 g/mol. The van der Waals surface area contributed by atoms with Crippen molar-refractivity contribution in [1.82, 2.24) is 0 Å². The quantitative estimate of drug-likeness (QED) is 0.462. The van der Waals surface area contributed by atoms with E-state index in [-0.39, 0.29) is 5.69 Å². The van der Waals surface area contributed by atoms with Gasteiger partial charge in [-0.15, -0.1) is 0 Å². The third-order valence-corrected chi connectivity index (χ3v) is 2.70. The zero-order valence-corrected chi connectivity index (χ0v) is 10.9. The van der Waals surface area contributed by atoms with Gasteiger partial charge in [0.15, 0.2) is 0 Å². The Bertz CT molecular complexity index is 666. The van der Waals surface area contributed by atoms with E-state index in [9.17, 15) is 13.2 Å². The van der Waals surface area contributed by atoms with Gasteiger partial charge in [0.25, 0.3) is 0 Å². The van der Waals surface area contributed by atoms with Crippen LogP contribution < -0.4 is 16.9 Å². The molecule has 0 aliphatic heterocycles. The number of hydrazone groups is 1. The number of benzene rings is 2. The van der Waals surface area contributed by atoms with Crippen LogP contribution in [0, 0.1) is 0 Å². The molecule has 0 amide bonds. The Morgan fingerprint density at radius 3 is 2.52 bits per heavy atom. The Balaban J connectivity index is 2.13. The van der Waals surface area contributed by atoms with Crippen LogP contribution >= 0.6 is 0 Å². The second kappa shape index (κ2) is 5.74. The number of nitrogens with zero attached hydrogens (tertiary/aromatic N) is 1. The highest BCUT2D eigenvalue weighted by Gasteiger charge is 2.30. The maximum atomic E-state index is 12.6. The molecule has 0 aliphatic carbocycles. The summed E-state index contributed by atoms with van der Waals surface area (Å²) < 4.78 is 37.7. The van der Waals surface area contributed by atoms with Crippen LogP contribution in [-0.2, 0) is 6.18 Å². The topological polar surface area (TPSA) is 76.4 Å². The molecule has 0 radical (unpaired) electrons. The van der Waals surface area contributed by atoms with E-state index >= 15 is 0 Å². The molecule has 0 unspecified atom stereocenters. The standard InChI is InChI=1S/C14H13F3N4/c15-14(16,17)10-2-1-3-12(7-10)21-20-8-9-6-11(18)4-5-13(9)19/h1-8,21H,18-19H2. The number of anilines is 3. The van der Waals surface area contributed by atoms with Gasteiger partial charge in [-0.3, -0.25) is 5.43 Å². The van der Waals surface area contributed by atoms with Crippen molar-refractivity contribution in [3.63, 3.8) is 0 Å². The first-order valence-electron chi connectivity index (χ1n) is 5.97. The van der Waals surface area contributed by atoms with Gasteiger partial charge in [-0.25, -0.2) is 0 Å². The van der Waals surface area contributed by atoms with Gasteiger partial charge in [0.1, 0.15) is 0 Å². The summed E-state index contributed by atoms with van der Waals surface area (Å²) in [4.78, 5) is 0. The van der Waals surface area contributed by atoms with E-state index in [1.54, 1.807) is 18.2 Å². The average molecular weight is 294 g/mol. The largest absolute Gasteiger partial charge is 0.416 e. The summed E-state index contributed by atoms with van der Waals surface area (Å²) in [5.41, 5.74) is 14.9. The smallest absolute Gasteiger partial charge is 0.399 e. The molecule has 0 saturated carbocycles. The summed E-state index contributed by atoms with van der Waals surface area (Å²) in [5, 5.41) is 3.86. The zero-order chi connectivity index (χ0) is 15.5. The number of hydrogen-bond acceptors (Lipinski definition) is 4. The first-order chi connectivity index (χ1) is 9.86. The van der Waals surface area contributed by atoms with Crippen molar-refractivity contribution in [3.05, 3.63) is 53.6 Å². The lowest BCUT2D eigenvalue weighted by Crippen LogP contribution is -2.05. The normalized spacial score (nSPS) is 11.8. The van der Waals surface area contributed by atoms with Crippen LogP contribution in [0.3, 0.4) is 0 Å². The molecule has 0 saturated heterocycles. The van der Waals surface area contributed by atoms with Crippen molar-refractivity contribution < 1.29 is 13.2 Å². The van der Waals surface area contributed by atoms with Crippen molar-refractivity contribution in [2.75, 3.05) is 16.9 Å². The van der Waals surface area contributed by atoms with Crippen molar-refractivity contribution in [2.45, 2.75) is 6.18 Å². The van der Waals surface area contributed by atoms with E-state index in [0.29, 0.717) is 16.9 Å². The van der Waals surface area contributed by atoms with Crippen molar-refractivity contribution in [2.24, 2.45) is 5.10 Å². The monoisotopic (exact) mass is 294 g/mol. The van der Waals surface area contributed by atoms with Gasteiger partial charge in [0.2, 0.25) is 0 Å². The SMILES string of the molecule is Nc1ccc(N)c(C=NNc2cccc(C(F)(F)F)c2)c1. The van der Waals surface area contributed by atoms with Gasteiger partial charge in [0, 0.05) is 16.9 Å². The first-order valence-corrected chi connectivity index (χ1v) is 5.97. The van der Waals surface area contributed by atoms with Crippen LogP contribution in [0.1, 0.15) is 11.1 Å². The van der Waals surface area contributed by atoms with Gasteiger partial charge in [0.05, 0.1) is 17.5 Å². The fourth-order valence-corrected chi connectivity index (χ4v) is 1.65. The Morgan fingerprint density at radius 2 is 1.81 bits per heavy atom. The summed E-state index contributed by atoms with van der Waals surface area (Å²) in [5.74, 6) is 0. The van der Waals surface area contributed by atoms with Gasteiger partial charge < -0.3 is 11.5 Å². The van der Waals surface area contributed by atoms with Crippen LogP contribution in [0.5, 0.6) is 0 Å². The fraction of sp³-hybridized carbons (Fsp3) is 0.0714. The highest BCUT2D eigenvalue weighted by atomic mass is 19.4. The summed E-state index contributed by atoms with van der Waals surface area (Å²) >= 11 is 0. The third-order valence-electron chi connectivity index (χ3n) is 2.70. The number of nitrogens with two attached hydrogens (primary N) is 2. The Morgan fingerprint density at radius 1 is 1.05 bits per heavy atom. The molecule has 2 aromatic carbocycles. The average Bonchev–Trinajstić information content (AvgIpc) is 2.42. The molecule has 2 aromatic rings. The molecule has 4 nitrogen and oxygen atoms in total. The number of hydrogen-bond donors (Lipinski definition) is 3. The minimum Gasteiger partial charge on any atom is -0.399 e. The molecular formula is C14H13F3N4. The summed E-state index contributed by atoms with van der Waals surface area (Å²) in [6.07, 6.45) is -2.99. The van der Waals surface area contributed by atoms with Gasteiger partial charge in [-0.2, -0.15) is 18.3 Å². The lowest BCUT2D eigenvalue weighted by atomic mass is 10.2. The first kappa shape index (κ1) is 14.7. The Hall–Kier alpha value is -2.70. The summed E-state index contributed by atoms with van der Waals surface area (Å²) in [6.45, 7) is 0. The molecule has 5 N–H and O–H groups in total. The molecule has 0 aliphatic rings. The van der Waals surface area contributed by atoms with Crippen LogP contribution in [0.2, 0.25) is 0 Å². The highest BCUT2D eigenvalue weighted by molar-refractivity contribution is 5.88. The van der Waals surface area contributed by atoms with Crippen LogP contribution in [-0.4, -0.2) is 6.21 Å². The molecule has 21 heavy (non-hydrogen) atoms. The molecule has 0 aromatic heterocycles. The lowest BCUT2D eigenvalue weighted by molar-refractivity contribution is -0.137. The van der Waals surface area contributed by atoms with E-state index in [1.807, 2.05) is 0 Å². The maximum absolute atomic E-state index is 12.6. The number of halogens is 3. The van der Waals surface area contributed by atoms with E-state index in [0.717, 1.165) is 12.1 Å². The van der Waals surface area contributed by atoms with Gasteiger partial charge in [-0.1, -0.05) is 6.07 Å². The van der Waals surface area contributed by atoms with E-state index < -0.39 is 11.7 Å². The number of rotatable bonds is 3. The second-order valence-corrected chi connectivity index (χ2v) is 4.34. The summed E-state index contributed by atoms with van der Waals surface area (Å²) in [6, 6.07) is 9.64. The molecule has 0 fully saturated rings. The Labute approximate surface area is 119 Å². The molecule has 2 rings (SSSR count). The zero-order valence-electron chi connectivity index (χ0n) is 10.9. The van der Waals surface area contributed by atoms with Gasteiger partial charge in [-0.05, 0) is 36.4 Å². The molecule has 0 heterocycles. The predicted molar refractivity (Wildman–Crippen MR) is 77.9 cm³/mol. The Kier molecular flexibility index (Phi) is 4.02. The summed E-state index contributed by atoms with van der Waals surface area (Å²) in [7, 11) is 0. The van der Waals surface area contributed by atoms with Crippen molar-refractivity contribution in [3.8, 4) is 0 Å². The van der Waals surface area contributed by atoms with E-state index in [1.165, 1.54) is 18.3 Å². The molecule has 7 heteroatoms. The molecule has 0 spiro atoms. The van der Waals surface area contributed by atoms with Crippen LogP contribution in [0.25, 0.3) is 0 Å². The lowest BCUT2D eigenvalue weighted by Gasteiger charge is -2.08. The van der Waals surface area contributed by atoms with Crippen LogP contribution in [0.4, 0.5) is 30.2 Å². The van der Waals surface area contributed by atoms with Crippen molar-refractivity contribution in [1.29, 1.82) is 0 Å².